The van der Waals surface area contributed by atoms with E-state index in [2.05, 4.69) is 34.7 Å². The summed E-state index contributed by atoms with van der Waals surface area (Å²) in [7, 11) is 0. The van der Waals surface area contributed by atoms with Gasteiger partial charge in [0.1, 0.15) is 11.9 Å². The third-order valence-electron chi connectivity index (χ3n) is 4.72. The van der Waals surface area contributed by atoms with Crippen LogP contribution in [0.25, 0.3) is 0 Å². The summed E-state index contributed by atoms with van der Waals surface area (Å²) in [5.41, 5.74) is 0.0352. The summed E-state index contributed by atoms with van der Waals surface area (Å²) < 4.78 is 14.9. The molecular formula is C16H23BrFNO. The molecule has 1 atom stereocenters. The Kier molecular flexibility index (Phi) is 5.21. The molecule has 1 unspecified atom stereocenters. The van der Waals surface area contributed by atoms with E-state index < -0.39 is 6.10 Å². The minimum atomic E-state index is -0.798. The molecule has 1 aromatic carbocycles. The van der Waals surface area contributed by atoms with E-state index in [0.29, 0.717) is 5.56 Å². The summed E-state index contributed by atoms with van der Waals surface area (Å²) >= 11 is 3.37. The highest BCUT2D eigenvalue weighted by molar-refractivity contribution is 9.10. The average molecular weight is 344 g/mol. The van der Waals surface area contributed by atoms with Crippen LogP contribution in [0.1, 0.15) is 51.2 Å². The predicted molar refractivity (Wildman–Crippen MR) is 83.2 cm³/mol. The summed E-state index contributed by atoms with van der Waals surface area (Å²) in [6, 6.07) is 4.79. The lowest BCUT2D eigenvalue weighted by Gasteiger charge is -2.44. The van der Waals surface area contributed by atoms with Crippen molar-refractivity contribution in [3.05, 3.63) is 34.1 Å². The van der Waals surface area contributed by atoms with Crippen LogP contribution < -0.4 is 0 Å². The molecule has 2 nitrogen and oxygen atoms in total. The lowest BCUT2D eigenvalue weighted by Crippen LogP contribution is -2.51. The average Bonchev–Trinajstić information content (AvgIpc) is 2.98. The van der Waals surface area contributed by atoms with Crippen molar-refractivity contribution >= 4 is 15.9 Å². The van der Waals surface area contributed by atoms with Crippen LogP contribution in [-0.4, -0.2) is 28.6 Å². The third kappa shape index (κ3) is 2.78. The van der Waals surface area contributed by atoms with Gasteiger partial charge in [0.25, 0.3) is 0 Å². The van der Waals surface area contributed by atoms with E-state index in [0.717, 1.165) is 43.2 Å². The number of hydrogen-bond donors (Lipinski definition) is 1. The molecule has 1 heterocycles. The molecular weight excluding hydrogens is 321 g/mol. The molecule has 1 aliphatic heterocycles. The van der Waals surface area contributed by atoms with Gasteiger partial charge in [0.15, 0.2) is 0 Å². The monoisotopic (exact) mass is 343 g/mol. The fraction of sp³-hybridized carbons (Fsp3) is 0.625. The van der Waals surface area contributed by atoms with Crippen LogP contribution in [-0.2, 0) is 0 Å². The van der Waals surface area contributed by atoms with Crippen LogP contribution in [0.3, 0.4) is 0 Å². The lowest BCUT2D eigenvalue weighted by molar-refractivity contribution is -0.0312. The van der Waals surface area contributed by atoms with Crippen LogP contribution >= 0.6 is 15.9 Å². The molecule has 112 valence electrons. The molecule has 1 aromatic rings. The summed E-state index contributed by atoms with van der Waals surface area (Å²) in [4.78, 5) is 2.35. The Hall–Kier alpha value is -0.450. The summed E-state index contributed by atoms with van der Waals surface area (Å²) in [6.45, 7) is 6.16. The van der Waals surface area contributed by atoms with Crippen LogP contribution in [0.2, 0.25) is 0 Å². The van der Waals surface area contributed by atoms with Gasteiger partial charge in [-0.3, -0.25) is 4.90 Å². The second kappa shape index (κ2) is 6.54. The number of rotatable bonds is 5. The molecule has 0 aliphatic carbocycles. The highest BCUT2D eigenvalue weighted by Crippen LogP contribution is 2.40. The predicted octanol–water partition coefficient (Wildman–Crippen LogP) is 4.28. The van der Waals surface area contributed by atoms with Crippen molar-refractivity contribution in [2.75, 3.05) is 13.1 Å². The van der Waals surface area contributed by atoms with Crippen molar-refractivity contribution in [3.63, 3.8) is 0 Å². The van der Waals surface area contributed by atoms with E-state index in [9.17, 15) is 9.50 Å². The van der Waals surface area contributed by atoms with Crippen LogP contribution in [0, 0.1) is 5.82 Å². The minimum absolute atomic E-state index is 0.328. The van der Waals surface area contributed by atoms with Gasteiger partial charge < -0.3 is 5.11 Å². The minimum Gasteiger partial charge on any atom is -0.386 e. The molecule has 0 saturated carbocycles. The Balaban J connectivity index is 2.39. The van der Waals surface area contributed by atoms with Crippen molar-refractivity contribution in [3.8, 4) is 0 Å². The molecule has 0 amide bonds. The molecule has 0 spiro atoms. The second-order valence-electron chi connectivity index (χ2n) is 5.57. The first kappa shape index (κ1) is 15.9. The van der Waals surface area contributed by atoms with E-state index in [4.69, 9.17) is 0 Å². The Morgan fingerprint density at radius 2 is 1.90 bits per heavy atom. The molecule has 1 fully saturated rings. The first-order valence-corrected chi connectivity index (χ1v) is 8.22. The third-order valence-corrected chi connectivity index (χ3v) is 5.22. The van der Waals surface area contributed by atoms with Gasteiger partial charge in [-0.1, -0.05) is 29.8 Å². The van der Waals surface area contributed by atoms with Crippen LogP contribution in [0.4, 0.5) is 4.39 Å². The van der Waals surface area contributed by atoms with Gasteiger partial charge >= 0.3 is 0 Å². The van der Waals surface area contributed by atoms with Crippen LogP contribution in [0.15, 0.2) is 22.7 Å². The van der Waals surface area contributed by atoms with Crippen molar-refractivity contribution in [2.45, 2.75) is 51.2 Å². The number of nitrogens with zero attached hydrogens (tertiary/aromatic N) is 1. The largest absolute Gasteiger partial charge is 0.386 e. The molecule has 0 aromatic heterocycles. The number of hydrogen-bond acceptors (Lipinski definition) is 2. The Morgan fingerprint density at radius 1 is 1.30 bits per heavy atom. The van der Waals surface area contributed by atoms with Crippen molar-refractivity contribution < 1.29 is 9.50 Å². The van der Waals surface area contributed by atoms with Crippen molar-refractivity contribution in [1.82, 2.24) is 4.90 Å². The fourth-order valence-electron chi connectivity index (χ4n) is 3.43. The maximum atomic E-state index is 14.1. The number of benzene rings is 1. The Labute approximate surface area is 129 Å². The van der Waals surface area contributed by atoms with Crippen molar-refractivity contribution in [2.24, 2.45) is 0 Å². The van der Waals surface area contributed by atoms with Crippen LogP contribution in [0.5, 0.6) is 0 Å². The van der Waals surface area contributed by atoms with Gasteiger partial charge in [0, 0.05) is 10.0 Å². The van der Waals surface area contributed by atoms with Gasteiger partial charge in [0.05, 0.1) is 5.54 Å². The quantitative estimate of drug-likeness (QED) is 0.862. The smallest absolute Gasteiger partial charge is 0.129 e. The molecule has 0 bridgehead atoms. The normalized spacial score (nSPS) is 18.4. The second-order valence-corrected chi connectivity index (χ2v) is 6.49. The number of halogens is 2. The number of likely N-dealkylation sites (tertiary alicyclic amines) is 1. The highest BCUT2D eigenvalue weighted by atomic mass is 79.9. The molecule has 1 saturated heterocycles. The highest BCUT2D eigenvalue weighted by Gasteiger charge is 2.42. The van der Waals surface area contributed by atoms with Gasteiger partial charge in [-0.2, -0.15) is 0 Å². The van der Waals surface area contributed by atoms with E-state index in [1.165, 1.54) is 6.07 Å². The van der Waals surface area contributed by atoms with Gasteiger partial charge in [-0.15, -0.1) is 0 Å². The first-order valence-electron chi connectivity index (χ1n) is 7.43. The fourth-order valence-corrected chi connectivity index (χ4v) is 3.81. The molecule has 2 rings (SSSR count). The van der Waals surface area contributed by atoms with E-state index in [1.807, 2.05) is 0 Å². The molecule has 1 aliphatic rings. The van der Waals surface area contributed by atoms with Gasteiger partial charge in [0.2, 0.25) is 0 Å². The molecule has 4 heteroatoms. The number of aliphatic hydroxyl groups excluding tert-OH is 1. The zero-order chi connectivity index (χ0) is 14.8. The number of aliphatic hydroxyl groups is 1. The summed E-state index contributed by atoms with van der Waals surface area (Å²) in [6.07, 6.45) is 3.16. The van der Waals surface area contributed by atoms with E-state index >= 15 is 0 Å². The van der Waals surface area contributed by atoms with Gasteiger partial charge in [-0.25, -0.2) is 4.39 Å². The summed E-state index contributed by atoms with van der Waals surface area (Å²) in [5.74, 6) is -0.328. The van der Waals surface area contributed by atoms with E-state index in [1.54, 1.807) is 12.1 Å². The lowest BCUT2D eigenvalue weighted by atomic mass is 9.81. The van der Waals surface area contributed by atoms with Crippen molar-refractivity contribution in [1.29, 1.82) is 0 Å². The molecule has 0 radical (unpaired) electrons. The zero-order valence-corrected chi connectivity index (χ0v) is 13.8. The van der Waals surface area contributed by atoms with Gasteiger partial charge in [-0.05, 0) is 57.0 Å². The molecule has 1 N–H and O–H groups in total. The topological polar surface area (TPSA) is 23.5 Å². The zero-order valence-electron chi connectivity index (χ0n) is 12.2. The first-order chi connectivity index (χ1) is 9.55. The molecule has 20 heavy (non-hydrogen) atoms. The standard InChI is InChI=1S/C16H23BrFNO/c1-3-16(4-2,19-9-5-6-10-19)15(20)13-11-12(17)7-8-14(13)18/h7-8,11,15,20H,3-6,9-10H2,1-2H3. The maximum absolute atomic E-state index is 14.1. The SMILES string of the molecule is CCC(CC)(C(O)c1cc(Br)ccc1F)N1CCCC1. The summed E-state index contributed by atoms with van der Waals surface area (Å²) in [5, 5.41) is 10.9. The Morgan fingerprint density at radius 3 is 2.45 bits per heavy atom. The Bertz CT molecular complexity index is 456. The maximum Gasteiger partial charge on any atom is 0.129 e. The van der Waals surface area contributed by atoms with E-state index in [-0.39, 0.29) is 11.4 Å².